The topological polar surface area (TPSA) is 99.4 Å². The molecule has 0 unspecified atom stereocenters. The van der Waals surface area contributed by atoms with Gasteiger partial charge in [0.2, 0.25) is 0 Å². The second-order valence-corrected chi connectivity index (χ2v) is 5.67. The van der Waals surface area contributed by atoms with E-state index in [4.69, 9.17) is 9.84 Å². The van der Waals surface area contributed by atoms with Gasteiger partial charge in [0.25, 0.3) is 5.91 Å². The minimum absolute atomic E-state index is 0.0394. The second kappa shape index (κ2) is 9.20. The molecule has 0 saturated carbocycles. The summed E-state index contributed by atoms with van der Waals surface area (Å²) in [6.45, 7) is 4.19. The van der Waals surface area contributed by atoms with Crippen LogP contribution in [0, 0.1) is 11.3 Å². The fourth-order valence-corrected chi connectivity index (χ4v) is 2.41. The van der Waals surface area contributed by atoms with E-state index in [0.29, 0.717) is 23.6 Å². The zero-order valence-electron chi connectivity index (χ0n) is 15.2. The SMILES string of the molecule is CCOc1ccc(C(=O)O)cc1/C=C(\C#N)C(=O)Nc1ccc(CC)cc1. The second-order valence-electron chi connectivity index (χ2n) is 5.67. The molecule has 0 aliphatic carbocycles. The van der Waals surface area contributed by atoms with Gasteiger partial charge in [0.05, 0.1) is 12.2 Å². The first-order valence-corrected chi connectivity index (χ1v) is 8.50. The van der Waals surface area contributed by atoms with E-state index >= 15 is 0 Å². The van der Waals surface area contributed by atoms with E-state index in [1.165, 1.54) is 24.3 Å². The lowest BCUT2D eigenvalue weighted by Gasteiger charge is -2.09. The lowest BCUT2D eigenvalue weighted by Crippen LogP contribution is -2.13. The molecule has 2 aromatic rings. The zero-order chi connectivity index (χ0) is 19.8. The first-order chi connectivity index (χ1) is 13.0. The van der Waals surface area contributed by atoms with E-state index in [-0.39, 0.29) is 11.1 Å². The van der Waals surface area contributed by atoms with Crippen molar-refractivity contribution in [3.8, 4) is 11.8 Å². The molecule has 2 rings (SSSR count). The largest absolute Gasteiger partial charge is 0.493 e. The first-order valence-electron chi connectivity index (χ1n) is 8.50. The predicted octanol–water partition coefficient (Wildman–Crippen LogP) is 3.89. The molecule has 1 amide bonds. The minimum atomic E-state index is -1.10. The number of nitrogens with zero attached hydrogens (tertiary/aromatic N) is 1. The fraction of sp³-hybridized carbons (Fsp3) is 0.190. The number of ether oxygens (including phenoxy) is 1. The number of carboxylic acids is 1. The number of hydrogen-bond donors (Lipinski definition) is 2. The summed E-state index contributed by atoms with van der Waals surface area (Å²) in [5.41, 5.74) is 1.94. The summed E-state index contributed by atoms with van der Waals surface area (Å²) < 4.78 is 5.46. The van der Waals surface area contributed by atoms with Crippen LogP contribution in [0.3, 0.4) is 0 Å². The number of anilines is 1. The molecule has 6 nitrogen and oxygen atoms in total. The molecule has 2 N–H and O–H groups in total. The Kier molecular flexibility index (Phi) is 6.73. The average molecular weight is 364 g/mol. The molecule has 0 bridgehead atoms. The summed E-state index contributed by atoms with van der Waals surface area (Å²) in [6.07, 6.45) is 2.21. The van der Waals surface area contributed by atoms with E-state index in [2.05, 4.69) is 5.32 Å². The van der Waals surface area contributed by atoms with Gasteiger partial charge in [-0.25, -0.2) is 4.79 Å². The quantitative estimate of drug-likeness (QED) is 0.573. The number of aromatic carboxylic acids is 1. The number of rotatable bonds is 7. The number of hydrogen-bond acceptors (Lipinski definition) is 4. The van der Waals surface area contributed by atoms with Crippen molar-refractivity contribution >= 4 is 23.6 Å². The predicted molar refractivity (Wildman–Crippen MR) is 103 cm³/mol. The molecular weight excluding hydrogens is 344 g/mol. The number of amides is 1. The van der Waals surface area contributed by atoms with Crippen LogP contribution in [0.5, 0.6) is 5.75 Å². The number of carbonyl (C=O) groups is 2. The van der Waals surface area contributed by atoms with Crippen molar-refractivity contribution < 1.29 is 19.4 Å². The molecule has 0 aliphatic heterocycles. The lowest BCUT2D eigenvalue weighted by molar-refractivity contribution is -0.112. The van der Waals surface area contributed by atoms with Crippen molar-refractivity contribution in [3.05, 3.63) is 64.7 Å². The van der Waals surface area contributed by atoms with Gasteiger partial charge >= 0.3 is 5.97 Å². The van der Waals surface area contributed by atoms with E-state index in [9.17, 15) is 14.9 Å². The van der Waals surface area contributed by atoms with Crippen molar-refractivity contribution in [2.45, 2.75) is 20.3 Å². The Balaban J connectivity index is 2.33. The van der Waals surface area contributed by atoms with E-state index in [1.54, 1.807) is 19.1 Å². The van der Waals surface area contributed by atoms with Crippen molar-refractivity contribution in [1.29, 1.82) is 5.26 Å². The van der Waals surface area contributed by atoms with Crippen LogP contribution in [-0.4, -0.2) is 23.6 Å². The van der Waals surface area contributed by atoms with Gasteiger partial charge in [-0.1, -0.05) is 19.1 Å². The maximum absolute atomic E-state index is 12.4. The Hall–Kier alpha value is -3.59. The number of carboxylic acid groups (broad SMARTS) is 1. The van der Waals surface area contributed by atoms with Crippen molar-refractivity contribution in [1.82, 2.24) is 0 Å². The molecule has 0 aliphatic rings. The van der Waals surface area contributed by atoms with Crippen LogP contribution in [0.15, 0.2) is 48.0 Å². The summed E-state index contributed by atoms with van der Waals surface area (Å²) in [5, 5.41) is 21.2. The van der Waals surface area contributed by atoms with Crippen molar-refractivity contribution in [2.75, 3.05) is 11.9 Å². The van der Waals surface area contributed by atoms with Crippen LogP contribution in [-0.2, 0) is 11.2 Å². The molecular formula is C21H20N2O4. The maximum Gasteiger partial charge on any atom is 0.335 e. The number of benzene rings is 2. The average Bonchev–Trinajstić information content (AvgIpc) is 2.67. The molecule has 0 atom stereocenters. The highest BCUT2D eigenvalue weighted by Crippen LogP contribution is 2.24. The Morgan fingerprint density at radius 3 is 2.44 bits per heavy atom. The van der Waals surface area contributed by atoms with Crippen molar-refractivity contribution in [2.24, 2.45) is 0 Å². The zero-order valence-corrected chi connectivity index (χ0v) is 15.2. The van der Waals surface area contributed by atoms with Gasteiger partial charge in [-0.3, -0.25) is 4.79 Å². The smallest absolute Gasteiger partial charge is 0.335 e. The highest BCUT2D eigenvalue weighted by atomic mass is 16.5. The molecule has 0 spiro atoms. The summed E-state index contributed by atoms with van der Waals surface area (Å²) in [4.78, 5) is 23.6. The Bertz CT molecular complexity index is 909. The fourth-order valence-electron chi connectivity index (χ4n) is 2.41. The van der Waals surface area contributed by atoms with Gasteiger partial charge in [-0.05, 0) is 55.3 Å². The molecule has 0 radical (unpaired) electrons. The van der Waals surface area contributed by atoms with Gasteiger partial charge in [0.15, 0.2) is 0 Å². The summed E-state index contributed by atoms with van der Waals surface area (Å²) in [5.74, 6) is -1.29. The van der Waals surface area contributed by atoms with Crippen LogP contribution >= 0.6 is 0 Å². The lowest BCUT2D eigenvalue weighted by atomic mass is 10.1. The third kappa shape index (κ3) is 5.19. The third-order valence-electron chi connectivity index (χ3n) is 3.84. The van der Waals surface area contributed by atoms with E-state index in [1.807, 2.05) is 25.1 Å². The van der Waals surface area contributed by atoms with Gasteiger partial charge in [0.1, 0.15) is 17.4 Å². The summed E-state index contributed by atoms with van der Waals surface area (Å²) in [6, 6.07) is 13.5. The van der Waals surface area contributed by atoms with Crippen LogP contribution in [0.25, 0.3) is 6.08 Å². The molecule has 0 heterocycles. The van der Waals surface area contributed by atoms with E-state index in [0.717, 1.165) is 12.0 Å². The maximum atomic E-state index is 12.4. The molecule has 27 heavy (non-hydrogen) atoms. The standard InChI is InChI=1S/C21H20N2O4/c1-3-14-5-8-18(9-6-14)23-20(24)17(13-22)12-16-11-15(21(25)26)7-10-19(16)27-4-2/h5-12H,3-4H2,1-2H3,(H,23,24)(H,25,26)/b17-12+. The van der Waals surface area contributed by atoms with Gasteiger partial charge in [0, 0.05) is 11.3 Å². The Morgan fingerprint density at radius 2 is 1.89 bits per heavy atom. The molecule has 6 heteroatoms. The highest BCUT2D eigenvalue weighted by Gasteiger charge is 2.13. The monoisotopic (exact) mass is 364 g/mol. The summed E-state index contributed by atoms with van der Waals surface area (Å²) in [7, 11) is 0. The number of nitrogens with one attached hydrogen (secondary N) is 1. The van der Waals surface area contributed by atoms with Gasteiger partial charge in [-0.2, -0.15) is 5.26 Å². The van der Waals surface area contributed by atoms with Crippen molar-refractivity contribution in [3.63, 3.8) is 0 Å². The third-order valence-corrected chi connectivity index (χ3v) is 3.84. The Morgan fingerprint density at radius 1 is 1.19 bits per heavy atom. The van der Waals surface area contributed by atoms with Gasteiger partial charge in [-0.15, -0.1) is 0 Å². The van der Waals surface area contributed by atoms with E-state index < -0.39 is 11.9 Å². The number of nitriles is 1. The molecule has 0 aromatic heterocycles. The van der Waals surface area contributed by atoms with Crippen LogP contribution in [0.1, 0.15) is 35.3 Å². The highest BCUT2D eigenvalue weighted by molar-refractivity contribution is 6.10. The first kappa shape index (κ1) is 19.7. The van der Waals surface area contributed by atoms with Crippen LogP contribution < -0.4 is 10.1 Å². The number of aryl methyl sites for hydroxylation is 1. The molecule has 0 fully saturated rings. The van der Waals surface area contributed by atoms with Gasteiger partial charge < -0.3 is 15.2 Å². The molecule has 138 valence electrons. The normalized spacial score (nSPS) is 10.8. The van der Waals surface area contributed by atoms with Crippen LogP contribution in [0.2, 0.25) is 0 Å². The van der Waals surface area contributed by atoms with Crippen LogP contribution in [0.4, 0.5) is 5.69 Å². The molecule has 0 saturated heterocycles. The number of carbonyl (C=O) groups excluding carboxylic acids is 1. The summed E-state index contributed by atoms with van der Waals surface area (Å²) >= 11 is 0. The Labute approximate surface area is 157 Å². The molecule has 2 aromatic carbocycles. The minimum Gasteiger partial charge on any atom is -0.493 e.